The van der Waals surface area contributed by atoms with Crippen LogP contribution in [0.2, 0.25) is 0 Å². The molecular weight excluding hydrogens is 338 g/mol. The Hall–Kier alpha value is -2.82. The van der Waals surface area contributed by atoms with Crippen LogP contribution in [0.5, 0.6) is 0 Å². The predicted octanol–water partition coefficient (Wildman–Crippen LogP) is 3.08. The van der Waals surface area contributed by atoms with Gasteiger partial charge in [0.15, 0.2) is 0 Å². The third-order valence-corrected chi connectivity index (χ3v) is 5.64. The molecule has 2 saturated heterocycles. The first-order valence-corrected chi connectivity index (χ1v) is 9.49. The molecular formula is C22H25N3O2. The molecule has 2 aromatic carbocycles. The first-order chi connectivity index (χ1) is 13.0. The van der Waals surface area contributed by atoms with Crippen molar-refractivity contribution < 1.29 is 9.59 Å². The third kappa shape index (κ3) is 3.82. The molecule has 3 amide bonds. The lowest BCUT2D eigenvalue weighted by atomic mass is 9.86. The fourth-order valence-electron chi connectivity index (χ4n) is 4.12. The number of hydrogen-bond donors (Lipinski definition) is 2. The van der Waals surface area contributed by atoms with Gasteiger partial charge in [-0.15, -0.1) is 0 Å². The van der Waals surface area contributed by atoms with Gasteiger partial charge < -0.3 is 15.5 Å². The topological polar surface area (TPSA) is 61.4 Å². The highest BCUT2D eigenvalue weighted by Gasteiger charge is 2.45. The van der Waals surface area contributed by atoms with Crippen LogP contribution < -0.4 is 10.6 Å². The molecule has 0 aromatic heterocycles. The van der Waals surface area contributed by atoms with Crippen molar-refractivity contribution in [3.63, 3.8) is 0 Å². The molecule has 2 aliphatic heterocycles. The first-order valence-electron chi connectivity index (χ1n) is 9.49. The van der Waals surface area contributed by atoms with Crippen molar-refractivity contribution in [3.05, 3.63) is 59.7 Å². The molecule has 2 aromatic rings. The zero-order valence-corrected chi connectivity index (χ0v) is 15.6. The van der Waals surface area contributed by atoms with Crippen molar-refractivity contribution in [2.24, 2.45) is 5.41 Å². The number of rotatable bonds is 3. The second-order valence-electron chi connectivity index (χ2n) is 7.85. The highest BCUT2D eigenvalue weighted by atomic mass is 16.2. The van der Waals surface area contributed by atoms with Gasteiger partial charge in [-0.05, 0) is 36.1 Å². The van der Waals surface area contributed by atoms with Gasteiger partial charge in [0, 0.05) is 38.0 Å². The molecule has 0 radical (unpaired) electrons. The Morgan fingerprint density at radius 2 is 1.96 bits per heavy atom. The number of nitrogens with zero attached hydrogens (tertiary/aromatic N) is 1. The van der Waals surface area contributed by atoms with Gasteiger partial charge in [-0.3, -0.25) is 4.79 Å². The van der Waals surface area contributed by atoms with E-state index in [4.69, 9.17) is 0 Å². The Morgan fingerprint density at radius 3 is 2.70 bits per heavy atom. The molecule has 5 heteroatoms. The molecule has 1 spiro atoms. The van der Waals surface area contributed by atoms with Gasteiger partial charge in [0.1, 0.15) is 0 Å². The SMILES string of the molecule is Cc1cccc(-c2cccc(CNC(=O)N3CCC4(CNC(=O)C4)C3)c2)c1. The average molecular weight is 363 g/mol. The molecule has 5 nitrogen and oxygen atoms in total. The summed E-state index contributed by atoms with van der Waals surface area (Å²) in [6, 6.07) is 16.6. The normalized spacial score (nSPS) is 21.5. The van der Waals surface area contributed by atoms with Gasteiger partial charge in [0.25, 0.3) is 0 Å². The molecule has 0 aliphatic carbocycles. The fraction of sp³-hybridized carbons (Fsp3) is 0.364. The van der Waals surface area contributed by atoms with E-state index in [0.717, 1.165) is 17.5 Å². The third-order valence-electron chi connectivity index (χ3n) is 5.64. The van der Waals surface area contributed by atoms with E-state index in [9.17, 15) is 9.59 Å². The highest BCUT2D eigenvalue weighted by molar-refractivity contribution is 5.80. The van der Waals surface area contributed by atoms with Gasteiger partial charge in [0.05, 0.1) is 0 Å². The standard InChI is InChI=1S/C22H25N3O2/c1-16-4-2-6-18(10-16)19-7-3-5-17(11-19)13-23-21(27)25-9-8-22(15-25)12-20(26)24-14-22/h2-7,10-11H,8-9,12-15H2,1H3,(H,23,27)(H,24,26). The van der Waals surface area contributed by atoms with E-state index in [1.165, 1.54) is 11.1 Å². The molecule has 2 heterocycles. The lowest BCUT2D eigenvalue weighted by Crippen LogP contribution is -2.40. The Kier molecular flexibility index (Phi) is 4.60. The van der Waals surface area contributed by atoms with Gasteiger partial charge in [0.2, 0.25) is 5.91 Å². The summed E-state index contributed by atoms with van der Waals surface area (Å²) in [6.45, 7) is 4.64. The van der Waals surface area contributed by atoms with Crippen LogP contribution >= 0.6 is 0 Å². The summed E-state index contributed by atoms with van der Waals surface area (Å²) in [7, 11) is 0. The van der Waals surface area contributed by atoms with Crippen LogP contribution in [0.4, 0.5) is 4.79 Å². The summed E-state index contributed by atoms with van der Waals surface area (Å²) in [6.07, 6.45) is 1.43. The van der Waals surface area contributed by atoms with Crippen LogP contribution in [0.3, 0.4) is 0 Å². The van der Waals surface area contributed by atoms with Crippen LogP contribution in [0.25, 0.3) is 11.1 Å². The number of carbonyl (C=O) groups excluding carboxylic acids is 2. The summed E-state index contributed by atoms with van der Waals surface area (Å²) in [5.74, 6) is 0.102. The van der Waals surface area contributed by atoms with E-state index in [-0.39, 0.29) is 17.4 Å². The van der Waals surface area contributed by atoms with E-state index < -0.39 is 0 Å². The zero-order valence-electron chi connectivity index (χ0n) is 15.6. The predicted molar refractivity (Wildman–Crippen MR) is 105 cm³/mol. The van der Waals surface area contributed by atoms with Gasteiger partial charge in [-0.2, -0.15) is 0 Å². The molecule has 27 heavy (non-hydrogen) atoms. The summed E-state index contributed by atoms with van der Waals surface area (Å²) < 4.78 is 0. The zero-order chi connectivity index (χ0) is 18.9. The number of aryl methyl sites for hydroxylation is 1. The van der Waals surface area contributed by atoms with Crippen molar-refractivity contribution in [1.29, 1.82) is 0 Å². The molecule has 0 saturated carbocycles. The second kappa shape index (κ2) is 7.06. The van der Waals surface area contributed by atoms with E-state index in [0.29, 0.717) is 32.6 Å². The summed E-state index contributed by atoms with van der Waals surface area (Å²) >= 11 is 0. The maximum absolute atomic E-state index is 12.5. The van der Waals surface area contributed by atoms with Crippen LogP contribution in [0, 0.1) is 12.3 Å². The Bertz CT molecular complexity index is 879. The van der Waals surface area contributed by atoms with Crippen molar-refractivity contribution >= 4 is 11.9 Å². The van der Waals surface area contributed by atoms with Gasteiger partial charge in [-0.1, -0.05) is 48.0 Å². The van der Waals surface area contributed by atoms with Crippen LogP contribution in [-0.4, -0.2) is 36.5 Å². The maximum atomic E-state index is 12.5. The van der Waals surface area contributed by atoms with E-state index in [1.54, 1.807) is 0 Å². The summed E-state index contributed by atoms with van der Waals surface area (Å²) in [5, 5.41) is 5.93. The minimum atomic E-state index is -0.0560. The molecule has 2 aliphatic rings. The maximum Gasteiger partial charge on any atom is 0.317 e. The lowest BCUT2D eigenvalue weighted by molar-refractivity contribution is -0.119. The van der Waals surface area contributed by atoms with E-state index in [2.05, 4.69) is 54.0 Å². The minimum absolute atomic E-state index is 0.0489. The molecule has 1 unspecified atom stereocenters. The minimum Gasteiger partial charge on any atom is -0.355 e. The molecule has 4 rings (SSSR count). The lowest BCUT2D eigenvalue weighted by Gasteiger charge is -2.22. The molecule has 1 atom stereocenters. The van der Waals surface area contributed by atoms with Crippen molar-refractivity contribution in [2.45, 2.75) is 26.3 Å². The summed E-state index contributed by atoms with van der Waals surface area (Å²) in [4.78, 5) is 25.9. The van der Waals surface area contributed by atoms with Crippen LogP contribution in [-0.2, 0) is 11.3 Å². The fourth-order valence-corrected chi connectivity index (χ4v) is 4.12. The van der Waals surface area contributed by atoms with E-state index >= 15 is 0 Å². The number of nitrogens with one attached hydrogen (secondary N) is 2. The largest absolute Gasteiger partial charge is 0.355 e. The number of urea groups is 1. The Labute approximate surface area is 159 Å². The number of hydrogen-bond acceptors (Lipinski definition) is 2. The van der Waals surface area contributed by atoms with E-state index in [1.807, 2.05) is 17.0 Å². The monoisotopic (exact) mass is 363 g/mol. The smallest absolute Gasteiger partial charge is 0.317 e. The Balaban J connectivity index is 1.37. The average Bonchev–Trinajstić information content (AvgIpc) is 3.26. The molecule has 2 N–H and O–H groups in total. The number of benzene rings is 2. The molecule has 2 fully saturated rings. The van der Waals surface area contributed by atoms with Crippen molar-refractivity contribution in [2.75, 3.05) is 19.6 Å². The first kappa shape index (κ1) is 17.6. The highest BCUT2D eigenvalue weighted by Crippen LogP contribution is 2.36. The number of carbonyl (C=O) groups is 2. The van der Waals surface area contributed by atoms with Crippen LogP contribution in [0.1, 0.15) is 24.0 Å². The second-order valence-corrected chi connectivity index (χ2v) is 7.85. The molecule has 140 valence electrons. The van der Waals surface area contributed by atoms with Gasteiger partial charge in [-0.25, -0.2) is 4.79 Å². The quantitative estimate of drug-likeness (QED) is 0.880. The van der Waals surface area contributed by atoms with Crippen molar-refractivity contribution in [3.8, 4) is 11.1 Å². The van der Waals surface area contributed by atoms with Crippen LogP contribution in [0.15, 0.2) is 48.5 Å². The molecule has 0 bridgehead atoms. The summed E-state index contributed by atoms with van der Waals surface area (Å²) in [5.41, 5.74) is 4.59. The number of likely N-dealkylation sites (tertiary alicyclic amines) is 1. The van der Waals surface area contributed by atoms with Gasteiger partial charge >= 0.3 is 6.03 Å². The number of amides is 3. The Morgan fingerprint density at radius 1 is 1.19 bits per heavy atom. The van der Waals surface area contributed by atoms with Crippen molar-refractivity contribution in [1.82, 2.24) is 15.5 Å².